The highest BCUT2D eigenvalue weighted by Gasteiger charge is 2.15. The maximum absolute atomic E-state index is 10.9. The minimum Gasteiger partial charge on any atom is -0.248 e. The van der Waals surface area contributed by atoms with E-state index in [0.717, 1.165) is 0 Å². The van der Waals surface area contributed by atoms with Crippen LogP contribution in [0.2, 0.25) is 0 Å². The first-order valence-corrected chi connectivity index (χ1v) is 6.85. The van der Waals surface area contributed by atoms with Gasteiger partial charge >= 0.3 is 0 Å². The fourth-order valence-electron chi connectivity index (χ4n) is 0.575. The van der Waals surface area contributed by atoms with E-state index in [1.54, 1.807) is 22.6 Å². The molecule has 0 aliphatic carbocycles. The van der Waals surface area contributed by atoms with Crippen LogP contribution in [0.4, 0.5) is 0 Å². The van der Waals surface area contributed by atoms with E-state index in [-0.39, 0.29) is 4.90 Å². The first-order valence-electron chi connectivity index (χ1n) is 2.67. The summed E-state index contributed by atoms with van der Waals surface area (Å²) in [7, 11) is 1.46. The third-order valence-corrected chi connectivity index (χ3v) is 4.03. The Hall–Kier alpha value is 0.600. The maximum atomic E-state index is 10.9. The summed E-state index contributed by atoms with van der Waals surface area (Å²) in [6.45, 7) is 0. The summed E-state index contributed by atoms with van der Waals surface area (Å²) in [5.74, 6) is 0. The van der Waals surface area contributed by atoms with Crippen LogP contribution in [0.25, 0.3) is 0 Å². The van der Waals surface area contributed by atoms with E-state index < -0.39 is 9.05 Å². The molecule has 0 unspecified atom stereocenters. The van der Waals surface area contributed by atoms with Crippen molar-refractivity contribution in [1.82, 2.24) is 4.98 Å². The zero-order valence-corrected chi connectivity index (χ0v) is 10.8. The molecule has 1 aromatic rings. The highest BCUT2D eigenvalue weighted by Crippen LogP contribution is 2.23. The van der Waals surface area contributed by atoms with Gasteiger partial charge in [0.25, 0.3) is 9.05 Å². The predicted molar refractivity (Wildman–Crippen MR) is 57.7 cm³/mol. The van der Waals surface area contributed by atoms with Gasteiger partial charge in [-0.25, -0.2) is 13.4 Å². The summed E-state index contributed by atoms with van der Waals surface area (Å²) in [6.07, 6.45) is 1.51. The molecule has 1 heterocycles. The Bertz CT molecular complexity index is 408. The number of aromatic nitrogens is 1. The number of hydrogen-bond acceptors (Lipinski definition) is 3. The molecule has 0 aliphatic rings. The van der Waals surface area contributed by atoms with E-state index in [1.165, 1.54) is 12.3 Å². The Morgan fingerprint density at radius 3 is 2.58 bits per heavy atom. The van der Waals surface area contributed by atoms with Gasteiger partial charge in [-0.2, -0.15) is 0 Å². The topological polar surface area (TPSA) is 47.0 Å². The molecule has 0 radical (unpaired) electrons. The van der Waals surface area contributed by atoms with Crippen molar-refractivity contribution in [2.24, 2.45) is 0 Å². The van der Waals surface area contributed by atoms with Crippen molar-refractivity contribution in [2.45, 2.75) is 4.90 Å². The summed E-state index contributed by atoms with van der Waals surface area (Å²) in [5, 5.41) is 0. The van der Waals surface area contributed by atoms with Gasteiger partial charge in [-0.3, -0.25) is 0 Å². The lowest BCUT2D eigenvalue weighted by Gasteiger charge is -1.98. The summed E-state index contributed by atoms with van der Waals surface area (Å²) in [4.78, 5) is 3.85. The van der Waals surface area contributed by atoms with Crippen molar-refractivity contribution in [3.63, 3.8) is 0 Å². The van der Waals surface area contributed by atoms with Crippen LogP contribution in [0.3, 0.4) is 0 Å². The number of rotatable bonds is 1. The first kappa shape index (κ1) is 10.7. The molecule has 0 amide bonds. The zero-order valence-electron chi connectivity index (χ0n) is 5.46. The summed E-state index contributed by atoms with van der Waals surface area (Å²) < 4.78 is 22.8. The van der Waals surface area contributed by atoms with Gasteiger partial charge in [0, 0.05) is 21.4 Å². The molecule has 0 fully saturated rings. The number of pyridine rings is 1. The molecule has 0 N–H and O–H groups in total. The fourth-order valence-corrected chi connectivity index (χ4v) is 3.49. The van der Waals surface area contributed by atoms with Gasteiger partial charge in [-0.15, -0.1) is 0 Å². The normalized spacial score (nSPS) is 11.6. The molecule has 0 atom stereocenters. The molecular formula is C5H2BrClINO2S. The van der Waals surface area contributed by atoms with Crippen LogP contribution in [0.15, 0.2) is 21.6 Å². The van der Waals surface area contributed by atoms with Gasteiger partial charge in [0.05, 0.1) is 0 Å². The van der Waals surface area contributed by atoms with Crippen molar-refractivity contribution in [3.8, 4) is 0 Å². The molecule has 7 heteroatoms. The second kappa shape index (κ2) is 3.77. The Labute approximate surface area is 96.2 Å². The third kappa shape index (κ3) is 2.54. The van der Waals surface area contributed by atoms with Crippen LogP contribution in [-0.4, -0.2) is 13.4 Å². The number of nitrogens with zero attached hydrogens (tertiary/aromatic N) is 1. The number of hydrogen-bond donors (Lipinski definition) is 0. The van der Waals surface area contributed by atoms with Crippen LogP contribution in [0, 0.1) is 3.70 Å². The smallest absolute Gasteiger partial charge is 0.248 e. The van der Waals surface area contributed by atoms with E-state index in [1.807, 2.05) is 0 Å². The largest absolute Gasteiger partial charge is 0.263 e. The zero-order chi connectivity index (χ0) is 9.35. The van der Waals surface area contributed by atoms with Crippen molar-refractivity contribution < 1.29 is 8.42 Å². The molecule has 0 saturated carbocycles. The highest BCUT2D eigenvalue weighted by atomic mass is 127. The molecule has 0 bridgehead atoms. The molecule has 0 saturated heterocycles. The first-order chi connectivity index (χ1) is 5.41. The van der Waals surface area contributed by atoms with Crippen LogP contribution in [0.1, 0.15) is 0 Å². The molecule has 0 aliphatic heterocycles. The molecule has 1 aromatic heterocycles. The van der Waals surface area contributed by atoms with Gasteiger partial charge in [0.2, 0.25) is 0 Å². The average Bonchev–Trinajstić information content (AvgIpc) is 1.92. The van der Waals surface area contributed by atoms with E-state index >= 15 is 0 Å². The van der Waals surface area contributed by atoms with E-state index in [4.69, 9.17) is 10.7 Å². The van der Waals surface area contributed by atoms with Crippen LogP contribution in [0.5, 0.6) is 0 Å². The van der Waals surface area contributed by atoms with Crippen molar-refractivity contribution in [2.75, 3.05) is 0 Å². The predicted octanol–water partition coefficient (Wildman–Crippen LogP) is 2.38. The number of halogens is 3. The van der Waals surface area contributed by atoms with Crippen LogP contribution >= 0.6 is 49.2 Å². The van der Waals surface area contributed by atoms with Gasteiger partial charge in [-0.05, 0) is 44.6 Å². The van der Waals surface area contributed by atoms with Crippen molar-refractivity contribution in [3.05, 3.63) is 20.4 Å². The summed E-state index contributed by atoms with van der Waals surface area (Å²) in [5.41, 5.74) is 0. The monoisotopic (exact) mass is 381 g/mol. The lowest BCUT2D eigenvalue weighted by Crippen LogP contribution is -1.96. The Morgan fingerprint density at radius 1 is 1.58 bits per heavy atom. The molecule has 0 spiro atoms. The Morgan fingerprint density at radius 2 is 2.17 bits per heavy atom. The molecular weight excluding hydrogens is 380 g/mol. The standard InChI is InChI=1S/C5H2BrClINO2S/c6-3-1-4(12(7,10)11)5(8)9-2-3/h1-2H. The Balaban J connectivity index is 3.43. The maximum Gasteiger partial charge on any atom is 0.263 e. The lowest BCUT2D eigenvalue weighted by molar-refractivity contribution is 0.608. The lowest BCUT2D eigenvalue weighted by atomic mass is 10.5. The minimum atomic E-state index is -3.68. The second-order valence-corrected chi connectivity index (χ2v) is 6.35. The van der Waals surface area contributed by atoms with Gasteiger partial charge in [-0.1, -0.05) is 0 Å². The molecule has 12 heavy (non-hydrogen) atoms. The molecule has 66 valence electrons. The molecule has 1 rings (SSSR count). The van der Waals surface area contributed by atoms with Gasteiger partial charge < -0.3 is 0 Å². The second-order valence-electron chi connectivity index (χ2n) is 1.88. The van der Waals surface area contributed by atoms with Crippen LogP contribution < -0.4 is 0 Å². The SMILES string of the molecule is O=S(=O)(Cl)c1cc(Br)cnc1I. The van der Waals surface area contributed by atoms with E-state index in [2.05, 4.69) is 20.9 Å². The van der Waals surface area contributed by atoms with Gasteiger partial charge in [0.15, 0.2) is 0 Å². The summed E-state index contributed by atoms with van der Waals surface area (Å²) >= 11 is 4.91. The minimum absolute atomic E-state index is 0.0270. The van der Waals surface area contributed by atoms with E-state index in [9.17, 15) is 8.42 Å². The van der Waals surface area contributed by atoms with Crippen molar-refractivity contribution in [1.29, 1.82) is 0 Å². The van der Waals surface area contributed by atoms with Gasteiger partial charge in [0.1, 0.15) is 8.60 Å². The molecule has 0 aromatic carbocycles. The third-order valence-electron chi connectivity index (χ3n) is 1.04. The quantitative estimate of drug-likeness (QED) is 0.426. The summed E-state index contributed by atoms with van der Waals surface area (Å²) in [6, 6.07) is 1.41. The average molecular weight is 382 g/mol. The fraction of sp³-hybridized carbons (Fsp3) is 0. The van der Waals surface area contributed by atoms with E-state index in [0.29, 0.717) is 8.17 Å². The molecule has 3 nitrogen and oxygen atoms in total. The Kier molecular flexibility index (Phi) is 3.35. The van der Waals surface area contributed by atoms with Crippen molar-refractivity contribution >= 4 is 58.3 Å². The van der Waals surface area contributed by atoms with Crippen LogP contribution in [-0.2, 0) is 9.05 Å². The highest BCUT2D eigenvalue weighted by molar-refractivity contribution is 14.1.